The summed E-state index contributed by atoms with van der Waals surface area (Å²) in [6.45, 7) is 1.02. The third-order valence-electron chi connectivity index (χ3n) is 5.52. The number of hydrogen-bond donors (Lipinski definition) is 1. The van der Waals surface area contributed by atoms with Gasteiger partial charge in [0, 0.05) is 16.8 Å². The molecule has 1 aromatic heterocycles. The Morgan fingerprint density at radius 2 is 1.74 bits per heavy atom. The molecule has 0 aliphatic heterocycles. The van der Waals surface area contributed by atoms with E-state index in [4.69, 9.17) is 16.3 Å². The molecule has 5 aromatic rings. The molecule has 5 nitrogen and oxygen atoms in total. The van der Waals surface area contributed by atoms with Gasteiger partial charge in [-0.2, -0.15) is 5.10 Å². The van der Waals surface area contributed by atoms with Gasteiger partial charge in [0.1, 0.15) is 12.4 Å². The van der Waals surface area contributed by atoms with Crippen molar-refractivity contribution < 1.29 is 9.53 Å². The van der Waals surface area contributed by atoms with Crippen molar-refractivity contribution in [3.05, 3.63) is 125 Å². The van der Waals surface area contributed by atoms with Gasteiger partial charge in [-0.15, -0.1) is 0 Å². The fraction of sp³-hybridized carbons (Fsp3) is 0.0714. The first-order valence-electron chi connectivity index (χ1n) is 10.9. The summed E-state index contributed by atoms with van der Waals surface area (Å²) in [4.78, 5) is 12.7. The predicted octanol–water partition coefficient (Wildman–Crippen LogP) is 6.57. The van der Waals surface area contributed by atoms with E-state index in [-0.39, 0.29) is 5.91 Å². The standard InChI is InChI=1S/C28H22ClN3O2/c29-24-8-4-9-26(15-24)34-19-20-11-13-22(14-12-20)28(33)31-25-16-30-32(18-25)17-23-7-3-6-21-5-1-2-10-27(21)23/h1-16,18H,17,19H2,(H,31,33). The molecule has 1 N–H and O–H groups in total. The lowest BCUT2D eigenvalue weighted by atomic mass is 10.0. The molecule has 4 aromatic carbocycles. The third kappa shape index (κ3) is 5.11. The van der Waals surface area contributed by atoms with Crippen LogP contribution in [0.4, 0.5) is 5.69 Å². The highest BCUT2D eigenvalue weighted by Crippen LogP contribution is 2.21. The molecule has 0 radical (unpaired) electrons. The summed E-state index contributed by atoms with van der Waals surface area (Å²) < 4.78 is 7.58. The minimum atomic E-state index is -0.188. The number of fused-ring (bicyclic) bond motifs is 1. The van der Waals surface area contributed by atoms with E-state index < -0.39 is 0 Å². The van der Waals surface area contributed by atoms with Crippen LogP contribution in [0.3, 0.4) is 0 Å². The van der Waals surface area contributed by atoms with Crippen molar-refractivity contribution in [2.45, 2.75) is 13.2 Å². The number of nitrogens with one attached hydrogen (secondary N) is 1. The van der Waals surface area contributed by atoms with Gasteiger partial charge in [-0.25, -0.2) is 0 Å². The Kier molecular flexibility index (Phi) is 6.27. The number of anilines is 1. The maximum Gasteiger partial charge on any atom is 0.255 e. The minimum Gasteiger partial charge on any atom is -0.489 e. The zero-order chi connectivity index (χ0) is 23.3. The van der Waals surface area contributed by atoms with Crippen LogP contribution >= 0.6 is 11.6 Å². The van der Waals surface area contributed by atoms with Gasteiger partial charge in [-0.3, -0.25) is 9.48 Å². The van der Waals surface area contributed by atoms with Crippen LogP contribution in [0.5, 0.6) is 5.75 Å². The topological polar surface area (TPSA) is 56.2 Å². The Balaban J connectivity index is 1.20. The number of amides is 1. The molecule has 5 rings (SSSR count). The molecule has 0 fully saturated rings. The van der Waals surface area contributed by atoms with E-state index in [2.05, 4.69) is 34.7 Å². The minimum absolute atomic E-state index is 0.188. The molecule has 0 aliphatic carbocycles. The number of carbonyl (C=O) groups is 1. The van der Waals surface area contributed by atoms with Crippen LogP contribution in [0.2, 0.25) is 5.02 Å². The van der Waals surface area contributed by atoms with Crippen molar-refractivity contribution in [3.8, 4) is 5.75 Å². The molecule has 0 spiro atoms. The van der Waals surface area contributed by atoms with Gasteiger partial charge in [0.2, 0.25) is 0 Å². The molecule has 0 saturated carbocycles. The second-order valence-electron chi connectivity index (χ2n) is 7.96. The molecule has 1 amide bonds. The Labute approximate surface area is 202 Å². The molecule has 0 aliphatic rings. The number of halogens is 1. The fourth-order valence-corrected chi connectivity index (χ4v) is 3.98. The Hall–Kier alpha value is -4.09. The maximum atomic E-state index is 12.7. The van der Waals surface area contributed by atoms with Crippen molar-refractivity contribution in [2.75, 3.05) is 5.32 Å². The lowest BCUT2D eigenvalue weighted by molar-refractivity contribution is 0.102. The molecule has 0 atom stereocenters. The Bertz CT molecular complexity index is 1440. The van der Waals surface area contributed by atoms with Crippen LogP contribution in [-0.4, -0.2) is 15.7 Å². The summed E-state index contributed by atoms with van der Waals surface area (Å²) in [5.41, 5.74) is 3.35. The van der Waals surface area contributed by atoms with Gasteiger partial charge >= 0.3 is 0 Å². The molecule has 0 saturated heterocycles. The normalized spacial score (nSPS) is 10.9. The summed E-state index contributed by atoms with van der Waals surface area (Å²) in [6, 6.07) is 29.1. The monoisotopic (exact) mass is 467 g/mol. The van der Waals surface area contributed by atoms with E-state index in [1.807, 2.05) is 53.3 Å². The van der Waals surface area contributed by atoms with Gasteiger partial charge in [0.15, 0.2) is 0 Å². The van der Waals surface area contributed by atoms with E-state index in [1.54, 1.807) is 30.5 Å². The average molecular weight is 468 g/mol. The van der Waals surface area contributed by atoms with Crippen molar-refractivity contribution >= 4 is 34.0 Å². The second kappa shape index (κ2) is 9.81. The van der Waals surface area contributed by atoms with E-state index >= 15 is 0 Å². The molecule has 6 heteroatoms. The lowest BCUT2D eigenvalue weighted by Crippen LogP contribution is -2.11. The number of aromatic nitrogens is 2. The quantitative estimate of drug-likeness (QED) is 0.294. The highest BCUT2D eigenvalue weighted by molar-refractivity contribution is 6.30. The van der Waals surface area contributed by atoms with Gasteiger partial charge in [0.25, 0.3) is 5.91 Å². The highest BCUT2D eigenvalue weighted by atomic mass is 35.5. The molecule has 34 heavy (non-hydrogen) atoms. The van der Waals surface area contributed by atoms with Crippen LogP contribution in [0.25, 0.3) is 10.8 Å². The van der Waals surface area contributed by atoms with Gasteiger partial charge in [0.05, 0.1) is 18.4 Å². The second-order valence-corrected chi connectivity index (χ2v) is 8.40. The van der Waals surface area contributed by atoms with E-state index in [0.717, 1.165) is 5.56 Å². The molecule has 168 valence electrons. The Morgan fingerprint density at radius 3 is 2.59 bits per heavy atom. The molecular weight excluding hydrogens is 446 g/mol. The zero-order valence-electron chi connectivity index (χ0n) is 18.3. The number of carbonyl (C=O) groups excluding carboxylic acids is 1. The average Bonchev–Trinajstić information content (AvgIpc) is 3.30. The van der Waals surface area contributed by atoms with Crippen LogP contribution in [0.15, 0.2) is 103 Å². The van der Waals surface area contributed by atoms with Crippen molar-refractivity contribution in [1.29, 1.82) is 0 Å². The summed E-state index contributed by atoms with van der Waals surface area (Å²) >= 11 is 5.98. The van der Waals surface area contributed by atoms with Crippen molar-refractivity contribution in [3.63, 3.8) is 0 Å². The predicted molar refractivity (Wildman–Crippen MR) is 135 cm³/mol. The van der Waals surface area contributed by atoms with E-state index in [1.165, 1.54) is 16.3 Å². The van der Waals surface area contributed by atoms with Gasteiger partial charge < -0.3 is 10.1 Å². The first-order valence-corrected chi connectivity index (χ1v) is 11.3. The summed E-state index contributed by atoms with van der Waals surface area (Å²) in [7, 11) is 0. The number of ether oxygens (including phenoxy) is 1. The Morgan fingerprint density at radius 1 is 0.941 bits per heavy atom. The SMILES string of the molecule is O=C(Nc1cnn(Cc2cccc3ccccc23)c1)c1ccc(COc2cccc(Cl)c2)cc1. The van der Waals surface area contributed by atoms with E-state index in [0.29, 0.717) is 35.2 Å². The van der Waals surface area contributed by atoms with Crippen molar-refractivity contribution in [2.24, 2.45) is 0 Å². The number of nitrogens with zero attached hydrogens (tertiary/aromatic N) is 2. The van der Waals surface area contributed by atoms with E-state index in [9.17, 15) is 4.79 Å². The van der Waals surface area contributed by atoms with Crippen molar-refractivity contribution in [1.82, 2.24) is 9.78 Å². The number of hydrogen-bond acceptors (Lipinski definition) is 3. The maximum absolute atomic E-state index is 12.7. The van der Waals surface area contributed by atoms with Crippen LogP contribution in [0.1, 0.15) is 21.5 Å². The van der Waals surface area contributed by atoms with Crippen LogP contribution in [-0.2, 0) is 13.2 Å². The number of rotatable bonds is 7. The highest BCUT2D eigenvalue weighted by Gasteiger charge is 2.09. The molecule has 1 heterocycles. The first-order chi connectivity index (χ1) is 16.6. The summed E-state index contributed by atoms with van der Waals surface area (Å²) in [5.74, 6) is 0.516. The lowest BCUT2D eigenvalue weighted by Gasteiger charge is -2.08. The first kappa shape index (κ1) is 21.7. The smallest absolute Gasteiger partial charge is 0.255 e. The molecule has 0 bridgehead atoms. The summed E-state index contributed by atoms with van der Waals surface area (Å²) in [6.07, 6.45) is 3.50. The number of benzene rings is 4. The molecule has 0 unspecified atom stereocenters. The third-order valence-corrected chi connectivity index (χ3v) is 5.76. The van der Waals surface area contributed by atoms with Crippen LogP contribution < -0.4 is 10.1 Å². The zero-order valence-corrected chi connectivity index (χ0v) is 19.1. The molecular formula is C28H22ClN3O2. The van der Waals surface area contributed by atoms with Gasteiger partial charge in [-0.05, 0) is 52.2 Å². The largest absolute Gasteiger partial charge is 0.489 e. The van der Waals surface area contributed by atoms with Gasteiger partial charge in [-0.1, -0.05) is 72.3 Å². The fourth-order valence-electron chi connectivity index (χ4n) is 3.80. The summed E-state index contributed by atoms with van der Waals surface area (Å²) in [5, 5.41) is 10.4. The van der Waals surface area contributed by atoms with Crippen LogP contribution in [0, 0.1) is 0 Å².